The van der Waals surface area contributed by atoms with Crippen LogP contribution in [-0.2, 0) is 0 Å². The number of hydrogen-bond donors (Lipinski definition) is 2. The second-order valence-electron chi connectivity index (χ2n) is 6.09. The topological polar surface area (TPSA) is 55.8 Å². The number of benzene rings is 1. The molecule has 1 aromatic carbocycles. The summed E-state index contributed by atoms with van der Waals surface area (Å²) in [4.78, 5) is 15.9. The molecule has 0 aromatic heterocycles. The van der Waals surface area contributed by atoms with Crippen molar-refractivity contribution >= 4 is 17.6 Å². The normalized spacial score (nSPS) is 22.9. The Labute approximate surface area is 141 Å². The molecule has 1 aliphatic heterocycles. The van der Waals surface area contributed by atoms with Gasteiger partial charge in [0, 0.05) is 13.6 Å². The maximum Gasteiger partial charge on any atom is 0.317 e. The van der Waals surface area contributed by atoms with Crippen LogP contribution in [0.5, 0.6) is 0 Å². The van der Waals surface area contributed by atoms with Crippen LogP contribution in [0.2, 0.25) is 5.02 Å². The number of halogens is 2. The predicted molar refractivity (Wildman–Crippen MR) is 88.0 cm³/mol. The van der Waals surface area contributed by atoms with E-state index in [0.717, 1.165) is 18.5 Å². The van der Waals surface area contributed by atoms with E-state index in [9.17, 15) is 9.18 Å². The highest BCUT2D eigenvalue weighted by Crippen LogP contribution is 2.32. The van der Waals surface area contributed by atoms with Crippen LogP contribution >= 0.6 is 11.6 Å². The monoisotopic (exact) mass is 343 g/mol. The summed E-state index contributed by atoms with van der Waals surface area (Å²) in [7, 11) is 3.59. The number of nitrogens with one attached hydrogen (secondary N) is 1. The van der Waals surface area contributed by atoms with Crippen LogP contribution in [-0.4, -0.2) is 60.3 Å². The zero-order valence-electron chi connectivity index (χ0n) is 13.6. The van der Waals surface area contributed by atoms with E-state index in [1.807, 2.05) is 7.05 Å². The number of amides is 2. The van der Waals surface area contributed by atoms with Gasteiger partial charge >= 0.3 is 6.03 Å². The van der Waals surface area contributed by atoms with Crippen LogP contribution in [0.25, 0.3) is 0 Å². The molecule has 7 heteroatoms. The van der Waals surface area contributed by atoms with E-state index < -0.39 is 5.82 Å². The highest BCUT2D eigenvalue weighted by molar-refractivity contribution is 6.30. The molecule has 0 spiro atoms. The summed E-state index contributed by atoms with van der Waals surface area (Å²) < 4.78 is 13.8. The number of aliphatic hydroxyl groups is 1. The van der Waals surface area contributed by atoms with Crippen molar-refractivity contribution < 1.29 is 14.3 Å². The summed E-state index contributed by atoms with van der Waals surface area (Å²) in [6.07, 6.45) is 0.776. The van der Waals surface area contributed by atoms with Gasteiger partial charge in [-0.05, 0) is 38.1 Å². The minimum absolute atomic E-state index is 0.0893. The molecule has 0 aliphatic carbocycles. The summed E-state index contributed by atoms with van der Waals surface area (Å²) in [5.74, 6) is -0.458. The quantitative estimate of drug-likeness (QED) is 0.881. The van der Waals surface area contributed by atoms with Crippen LogP contribution < -0.4 is 5.32 Å². The summed E-state index contributed by atoms with van der Waals surface area (Å²) in [5.41, 5.74) is 0.787. The van der Waals surface area contributed by atoms with Gasteiger partial charge in [0.25, 0.3) is 0 Å². The van der Waals surface area contributed by atoms with Gasteiger partial charge in [0.2, 0.25) is 0 Å². The first-order chi connectivity index (χ1) is 10.8. The van der Waals surface area contributed by atoms with Gasteiger partial charge in [0.05, 0.1) is 29.8 Å². The number of carbonyl (C=O) groups is 1. The zero-order valence-corrected chi connectivity index (χ0v) is 14.3. The first-order valence-electron chi connectivity index (χ1n) is 7.64. The summed E-state index contributed by atoms with van der Waals surface area (Å²) >= 11 is 5.75. The van der Waals surface area contributed by atoms with Crippen molar-refractivity contribution in [2.24, 2.45) is 0 Å². The van der Waals surface area contributed by atoms with Gasteiger partial charge in [0.15, 0.2) is 0 Å². The highest BCUT2D eigenvalue weighted by Gasteiger charge is 2.35. The smallest absolute Gasteiger partial charge is 0.317 e. The minimum Gasteiger partial charge on any atom is -0.394 e. The van der Waals surface area contributed by atoms with Gasteiger partial charge in [-0.3, -0.25) is 4.90 Å². The molecular formula is C16H23ClFN3O2. The number of likely N-dealkylation sites (N-methyl/N-ethyl adjacent to an activating group) is 2. The highest BCUT2D eigenvalue weighted by atomic mass is 35.5. The lowest BCUT2D eigenvalue weighted by Gasteiger charge is -2.30. The predicted octanol–water partition coefficient (Wildman–Crippen LogP) is 2.25. The average Bonchev–Trinajstić information content (AvgIpc) is 2.89. The standard InChI is InChI=1S/C16H23ClFN3O2/c1-10(9-22)21(3)16(23)19-14-6-7-20(2)15(14)11-4-5-12(17)13(18)8-11/h4-5,8,10,14-15,22H,6-7,9H2,1-3H3,(H,19,23). The van der Waals surface area contributed by atoms with E-state index in [4.69, 9.17) is 16.7 Å². The second-order valence-corrected chi connectivity index (χ2v) is 6.49. The van der Waals surface area contributed by atoms with Gasteiger partial charge in [-0.2, -0.15) is 0 Å². The Morgan fingerprint density at radius 1 is 1.61 bits per heavy atom. The molecule has 1 aliphatic rings. The number of rotatable bonds is 4. The Balaban J connectivity index is 2.15. The van der Waals surface area contributed by atoms with E-state index in [-0.39, 0.29) is 35.8 Å². The lowest BCUT2D eigenvalue weighted by molar-refractivity contribution is 0.152. The Morgan fingerprint density at radius 3 is 2.91 bits per heavy atom. The number of likely N-dealkylation sites (tertiary alicyclic amines) is 1. The molecule has 128 valence electrons. The van der Waals surface area contributed by atoms with Crippen LogP contribution in [0, 0.1) is 5.82 Å². The maximum atomic E-state index is 13.8. The molecule has 3 unspecified atom stereocenters. The van der Waals surface area contributed by atoms with Crippen LogP contribution in [0.4, 0.5) is 9.18 Å². The first-order valence-corrected chi connectivity index (χ1v) is 8.02. The third kappa shape index (κ3) is 3.94. The van der Waals surface area contributed by atoms with Crippen molar-refractivity contribution in [1.29, 1.82) is 0 Å². The lowest BCUT2D eigenvalue weighted by atomic mass is 10.00. The van der Waals surface area contributed by atoms with E-state index >= 15 is 0 Å². The molecule has 1 fully saturated rings. The van der Waals surface area contributed by atoms with Crippen LogP contribution in [0.3, 0.4) is 0 Å². The molecule has 0 bridgehead atoms. The molecule has 2 N–H and O–H groups in total. The number of aliphatic hydroxyl groups excluding tert-OH is 1. The molecule has 5 nitrogen and oxygen atoms in total. The zero-order chi connectivity index (χ0) is 17.1. The van der Waals surface area contributed by atoms with E-state index in [0.29, 0.717) is 0 Å². The molecule has 1 aromatic rings. The molecule has 23 heavy (non-hydrogen) atoms. The van der Waals surface area contributed by atoms with Crippen molar-refractivity contribution in [3.05, 3.63) is 34.6 Å². The summed E-state index contributed by atoms with van der Waals surface area (Å²) in [5, 5.41) is 12.2. The first kappa shape index (κ1) is 18.0. The van der Waals surface area contributed by atoms with E-state index in [2.05, 4.69) is 10.2 Å². The molecule has 1 heterocycles. The van der Waals surface area contributed by atoms with Gasteiger partial charge in [-0.1, -0.05) is 17.7 Å². The van der Waals surface area contributed by atoms with Crippen molar-refractivity contribution in [3.8, 4) is 0 Å². The number of urea groups is 1. The maximum absolute atomic E-state index is 13.8. The van der Waals surface area contributed by atoms with Gasteiger partial charge in [-0.15, -0.1) is 0 Å². The Hall–Kier alpha value is -1.37. The Bertz CT molecular complexity index is 572. The fourth-order valence-corrected chi connectivity index (χ4v) is 2.98. The fourth-order valence-electron chi connectivity index (χ4n) is 2.86. The Morgan fingerprint density at radius 2 is 2.30 bits per heavy atom. The van der Waals surface area contributed by atoms with Gasteiger partial charge in [0.1, 0.15) is 5.82 Å². The number of nitrogens with zero attached hydrogens (tertiary/aromatic N) is 2. The molecule has 1 saturated heterocycles. The fraction of sp³-hybridized carbons (Fsp3) is 0.562. The largest absolute Gasteiger partial charge is 0.394 e. The number of carbonyl (C=O) groups excluding carboxylic acids is 1. The van der Waals surface area contributed by atoms with E-state index in [1.165, 1.54) is 17.0 Å². The molecule has 0 radical (unpaired) electrons. The van der Waals surface area contributed by atoms with E-state index in [1.54, 1.807) is 20.0 Å². The van der Waals surface area contributed by atoms with Crippen LogP contribution in [0.1, 0.15) is 24.9 Å². The average molecular weight is 344 g/mol. The lowest BCUT2D eigenvalue weighted by Crippen LogP contribution is -2.48. The Kier molecular flexibility index (Phi) is 5.84. The van der Waals surface area contributed by atoms with Crippen molar-refractivity contribution in [3.63, 3.8) is 0 Å². The summed E-state index contributed by atoms with van der Waals surface area (Å²) in [6.45, 7) is 2.48. The second kappa shape index (κ2) is 7.47. The third-order valence-corrected chi connectivity index (χ3v) is 4.80. The summed E-state index contributed by atoms with van der Waals surface area (Å²) in [6, 6.07) is 4.01. The minimum atomic E-state index is -0.458. The van der Waals surface area contributed by atoms with Crippen molar-refractivity contribution in [2.75, 3.05) is 27.2 Å². The van der Waals surface area contributed by atoms with Gasteiger partial charge < -0.3 is 15.3 Å². The molecule has 2 amide bonds. The molecule has 3 atom stereocenters. The molecule has 0 saturated carbocycles. The third-order valence-electron chi connectivity index (χ3n) is 4.49. The van der Waals surface area contributed by atoms with Crippen molar-refractivity contribution in [1.82, 2.24) is 15.1 Å². The number of hydrogen-bond acceptors (Lipinski definition) is 3. The van der Waals surface area contributed by atoms with Gasteiger partial charge in [-0.25, -0.2) is 9.18 Å². The molecular weight excluding hydrogens is 321 g/mol. The SMILES string of the molecule is CC(CO)N(C)C(=O)NC1CCN(C)C1c1ccc(Cl)c(F)c1. The van der Waals surface area contributed by atoms with Crippen molar-refractivity contribution in [2.45, 2.75) is 31.5 Å². The molecule has 2 rings (SSSR count). The van der Waals surface area contributed by atoms with Crippen LogP contribution in [0.15, 0.2) is 18.2 Å².